The largest absolute Gasteiger partial charge is 0.382 e. The normalized spacial score (nSPS) is 14.9. The number of hydrogen-bond acceptors (Lipinski definition) is 5. The maximum Gasteiger partial charge on any atom is 0.270 e. The van der Waals surface area contributed by atoms with Gasteiger partial charge in [0, 0.05) is 79.8 Å². The van der Waals surface area contributed by atoms with Gasteiger partial charge in [-0.3, -0.25) is 19.9 Å². The van der Waals surface area contributed by atoms with Crippen molar-refractivity contribution in [3.8, 4) is 11.1 Å². The van der Waals surface area contributed by atoms with Gasteiger partial charge in [-0.25, -0.2) is 0 Å². The second-order valence-corrected chi connectivity index (χ2v) is 7.46. The predicted molar refractivity (Wildman–Crippen MR) is 112 cm³/mol. The quantitative estimate of drug-likeness (QED) is 0.540. The van der Waals surface area contributed by atoms with E-state index in [9.17, 15) is 14.9 Å². The fraction of sp³-hybridized carbons (Fsp3) is 0.333. The topological polar surface area (TPSA) is 93.3 Å². The van der Waals surface area contributed by atoms with Crippen LogP contribution in [0.1, 0.15) is 19.8 Å². The molecule has 1 aliphatic heterocycles. The number of carbonyl (C=O) groups excluding carboxylic acids is 1. The Morgan fingerprint density at radius 3 is 2.69 bits per heavy atom. The summed E-state index contributed by atoms with van der Waals surface area (Å²) in [5, 5.41) is 15.9. The fourth-order valence-electron chi connectivity index (χ4n) is 4.00. The van der Waals surface area contributed by atoms with Crippen LogP contribution in [0.5, 0.6) is 0 Å². The molecule has 29 heavy (non-hydrogen) atoms. The number of nitrogens with zero attached hydrogens (tertiary/aromatic N) is 4. The first-order chi connectivity index (χ1) is 13.9. The van der Waals surface area contributed by atoms with Gasteiger partial charge < -0.3 is 14.8 Å². The van der Waals surface area contributed by atoms with Crippen molar-refractivity contribution in [2.24, 2.45) is 7.05 Å². The Labute approximate surface area is 168 Å². The highest BCUT2D eigenvalue weighted by molar-refractivity contribution is 5.99. The minimum Gasteiger partial charge on any atom is -0.382 e. The van der Waals surface area contributed by atoms with E-state index in [2.05, 4.69) is 10.3 Å². The molecule has 8 nitrogen and oxygen atoms in total. The Morgan fingerprint density at radius 1 is 1.24 bits per heavy atom. The summed E-state index contributed by atoms with van der Waals surface area (Å²) in [5.74, 6) is 0.101. The number of benzene rings is 1. The van der Waals surface area contributed by atoms with Gasteiger partial charge >= 0.3 is 0 Å². The number of hydrogen-bond donors (Lipinski definition) is 1. The minimum absolute atomic E-state index is 0.0583. The zero-order valence-corrected chi connectivity index (χ0v) is 16.5. The van der Waals surface area contributed by atoms with Gasteiger partial charge in [-0.15, -0.1) is 0 Å². The van der Waals surface area contributed by atoms with Crippen LogP contribution < -0.4 is 5.32 Å². The van der Waals surface area contributed by atoms with Crippen molar-refractivity contribution < 1.29 is 9.72 Å². The molecule has 1 aliphatic rings. The van der Waals surface area contributed by atoms with Gasteiger partial charge in [0.15, 0.2) is 0 Å². The number of nitrogens with one attached hydrogen (secondary N) is 1. The van der Waals surface area contributed by atoms with E-state index in [-0.39, 0.29) is 22.6 Å². The molecule has 0 unspecified atom stereocenters. The standard InChI is InChI=1S/C21H23N5O3/c1-14(27)25-9-6-15(7-10-25)23-20-4-3-16(26(28)29)11-18(20)19-13-24(2)21-12-22-8-5-17(19)21/h3-5,8,11-13,15,23H,6-7,9-10H2,1-2H3. The maximum atomic E-state index is 11.6. The molecule has 1 fully saturated rings. The zero-order valence-electron chi connectivity index (χ0n) is 16.5. The molecule has 1 amide bonds. The monoisotopic (exact) mass is 393 g/mol. The number of amides is 1. The van der Waals surface area contributed by atoms with Crippen molar-refractivity contribution in [3.63, 3.8) is 0 Å². The second kappa shape index (κ2) is 7.54. The van der Waals surface area contributed by atoms with Crippen LogP contribution in [-0.4, -0.2) is 44.4 Å². The van der Waals surface area contributed by atoms with Crippen LogP contribution in [0.3, 0.4) is 0 Å². The summed E-state index contributed by atoms with van der Waals surface area (Å²) in [6.07, 6.45) is 7.19. The second-order valence-electron chi connectivity index (χ2n) is 7.46. The molecule has 1 aromatic carbocycles. The van der Waals surface area contributed by atoms with Gasteiger partial charge in [-0.05, 0) is 25.0 Å². The number of anilines is 1. The maximum absolute atomic E-state index is 11.6. The summed E-state index contributed by atoms with van der Waals surface area (Å²) < 4.78 is 1.98. The highest BCUT2D eigenvalue weighted by Gasteiger charge is 2.23. The molecule has 1 N–H and O–H groups in total. The lowest BCUT2D eigenvalue weighted by molar-refractivity contribution is -0.384. The zero-order chi connectivity index (χ0) is 20.5. The number of carbonyl (C=O) groups is 1. The van der Waals surface area contributed by atoms with E-state index in [4.69, 9.17) is 0 Å². The average molecular weight is 393 g/mol. The molecule has 0 atom stereocenters. The van der Waals surface area contributed by atoms with Crippen LogP contribution in [0, 0.1) is 10.1 Å². The molecule has 3 aromatic rings. The molecule has 0 radical (unpaired) electrons. The summed E-state index contributed by atoms with van der Waals surface area (Å²) in [6, 6.07) is 7.08. The number of aryl methyl sites for hydroxylation is 1. The number of nitro groups is 1. The number of piperidine rings is 1. The SMILES string of the molecule is CC(=O)N1CCC(Nc2ccc([N+](=O)[O-])cc2-c2cn(C)c3cnccc23)CC1. The predicted octanol–water partition coefficient (Wildman–Crippen LogP) is 3.57. The number of nitro benzene ring substituents is 1. The van der Waals surface area contributed by atoms with E-state index in [0.29, 0.717) is 0 Å². The lowest BCUT2D eigenvalue weighted by Gasteiger charge is -2.32. The highest BCUT2D eigenvalue weighted by atomic mass is 16.6. The van der Waals surface area contributed by atoms with E-state index in [0.717, 1.165) is 53.6 Å². The Morgan fingerprint density at radius 2 is 2.00 bits per heavy atom. The van der Waals surface area contributed by atoms with Crippen molar-refractivity contribution in [2.75, 3.05) is 18.4 Å². The summed E-state index contributed by atoms with van der Waals surface area (Å²) in [5.41, 5.74) is 3.61. The highest BCUT2D eigenvalue weighted by Crippen LogP contribution is 2.37. The number of pyridine rings is 1. The Kier molecular flexibility index (Phi) is 4.92. The molecule has 0 bridgehead atoms. The Hall–Kier alpha value is -3.42. The summed E-state index contributed by atoms with van der Waals surface area (Å²) >= 11 is 0. The van der Waals surface area contributed by atoms with E-state index in [1.54, 1.807) is 31.5 Å². The number of fused-ring (bicyclic) bond motifs is 1. The summed E-state index contributed by atoms with van der Waals surface area (Å²) in [4.78, 5) is 28.6. The molecule has 0 saturated carbocycles. The third-order valence-electron chi connectivity index (χ3n) is 5.60. The van der Waals surface area contributed by atoms with Crippen molar-refractivity contribution in [1.82, 2.24) is 14.5 Å². The Balaban J connectivity index is 1.71. The Bertz CT molecular complexity index is 1080. The van der Waals surface area contributed by atoms with Crippen molar-refractivity contribution in [3.05, 3.63) is 53.0 Å². The number of non-ortho nitro benzene ring substituents is 1. The molecular weight excluding hydrogens is 370 g/mol. The molecule has 150 valence electrons. The van der Waals surface area contributed by atoms with Gasteiger partial charge in [0.05, 0.1) is 16.6 Å². The third kappa shape index (κ3) is 3.65. The summed E-state index contributed by atoms with van der Waals surface area (Å²) in [7, 11) is 1.94. The van der Waals surface area contributed by atoms with Crippen LogP contribution in [0.15, 0.2) is 42.9 Å². The van der Waals surface area contributed by atoms with Crippen LogP contribution in [0.25, 0.3) is 22.0 Å². The van der Waals surface area contributed by atoms with Crippen molar-refractivity contribution in [1.29, 1.82) is 0 Å². The molecule has 0 spiro atoms. The first-order valence-electron chi connectivity index (χ1n) is 9.64. The molecule has 2 aromatic heterocycles. The first kappa shape index (κ1) is 18.9. The van der Waals surface area contributed by atoms with E-state index in [1.807, 2.05) is 28.8 Å². The molecular formula is C21H23N5O3. The average Bonchev–Trinajstić information content (AvgIpc) is 3.05. The van der Waals surface area contributed by atoms with E-state index >= 15 is 0 Å². The van der Waals surface area contributed by atoms with Crippen LogP contribution in [0.2, 0.25) is 0 Å². The number of rotatable bonds is 4. The number of aromatic nitrogens is 2. The third-order valence-corrected chi connectivity index (χ3v) is 5.60. The smallest absolute Gasteiger partial charge is 0.270 e. The lowest BCUT2D eigenvalue weighted by atomic mass is 10.00. The molecule has 8 heteroatoms. The van der Waals surface area contributed by atoms with Crippen LogP contribution in [0.4, 0.5) is 11.4 Å². The van der Waals surface area contributed by atoms with Gasteiger partial charge in [-0.1, -0.05) is 0 Å². The van der Waals surface area contributed by atoms with Crippen LogP contribution in [-0.2, 0) is 11.8 Å². The van der Waals surface area contributed by atoms with Gasteiger partial charge in [0.25, 0.3) is 5.69 Å². The first-order valence-corrected chi connectivity index (χ1v) is 9.64. The van der Waals surface area contributed by atoms with Crippen molar-refractivity contribution >= 4 is 28.2 Å². The molecule has 0 aliphatic carbocycles. The van der Waals surface area contributed by atoms with E-state index < -0.39 is 0 Å². The van der Waals surface area contributed by atoms with Gasteiger partial charge in [0.2, 0.25) is 5.91 Å². The molecule has 3 heterocycles. The fourth-order valence-corrected chi connectivity index (χ4v) is 4.00. The number of likely N-dealkylation sites (tertiary alicyclic amines) is 1. The molecule has 4 rings (SSSR count). The lowest BCUT2D eigenvalue weighted by Crippen LogP contribution is -2.41. The van der Waals surface area contributed by atoms with Crippen LogP contribution >= 0.6 is 0 Å². The van der Waals surface area contributed by atoms with E-state index in [1.165, 1.54) is 6.07 Å². The molecule has 1 saturated heterocycles. The summed E-state index contributed by atoms with van der Waals surface area (Å²) in [6.45, 7) is 3.03. The minimum atomic E-state index is -0.370. The van der Waals surface area contributed by atoms with Gasteiger partial charge in [-0.2, -0.15) is 0 Å². The van der Waals surface area contributed by atoms with Crippen molar-refractivity contribution in [2.45, 2.75) is 25.8 Å². The van der Waals surface area contributed by atoms with Gasteiger partial charge in [0.1, 0.15) is 0 Å².